The molecule has 2 rings (SSSR count). The molecule has 2 aromatic carbocycles. The molecule has 3 N–H and O–H groups in total. The van der Waals surface area contributed by atoms with Gasteiger partial charge in [0.05, 0.1) is 6.04 Å². The van der Waals surface area contributed by atoms with Gasteiger partial charge < -0.3 is 20.4 Å². The topological polar surface area (TPSA) is 55.7 Å². The SMILES string of the molecule is CC(Nc1ccc(N(C)C)cc1)c1cc(O)ccc1O. The minimum Gasteiger partial charge on any atom is -0.508 e. The molecule has 0 aliphatic carbocycles. The number of nitrogens with one attached hydrogen (secondary N) is 1. The standard InChI is InChI=1S/C16H20N2O2/c1-11(15-10-14(19)8-9-16(15)20)17-12-4-6-13(7-5-12)18(2)3/h4-11,17,19-20H,1-3H3. The van der Waals surface area contributed by atoms with E-state index in [1.807, 2.05) is 50.2 Å². The number of aromatic hydroxyl groups is 2. The Labute approximate surface area is 119 Å². The smallest absolute Gasteiger partial charge is 0.121 e. The van der Waals surface area contributed by atoms with Gasteiger partial charge in [-0.15, -0.1) is 0 Å². The van der Waals surface area contributed by atoms with Crippen molar-refractivity contribution in [1.29, 1.82) is 0 Å². The van der Waals surface area contributed by atoms with Crippen LogP contribution >= 0.6 is 0 Å². The molecule has 0 saturated heterocycles. The maximum absolute atomic E-state index is 9.84. The fraction of sp³-hybridized carbons (Fsp3) is 0.250. The largest absolute Gasteiger partial charge is 0.508 e. The maximum Gasteiger partial charge on any atom is 0.121 e. The second kappa shape index (κ2) is 5.74. The van der Waals surface area contributed by atoms with E-state index in [-0.39, 0.29) is 17.5 Å². The molecular weight excluding hydrogens is 252 g/mol. The van der Waals surface area contributed by atoms with E-state index in [2.05, 4.69) is 5.32 Å². The second-order valence-corrected chi connectivity index (χ2v) is 5.05. The van der Waals surface area contributed by atoms with Crippen molar-refractivity contribution in [1.82, 2.24) is 0 Å². The maximum atomic E-state index is 9.84. The van der Waals surface area contributed by atoms with Crippen molar-refractivity contribution in [2.45, 2.75) is 13.0 Å². The minimum absolute atomic E-state index is 0.104. The van der Waals surface area contributed by atoms with Crippen molar-refractivity contribution in [3.63, 3.8) is 0 Å². The van der Waals surface area contributed by atoms with Crippen LogP contribution in [0.25, 0.3) is 0 Å². The highest BCUT2D eigenvalue weighted by atomic mass is 16.3. The van der Waals surface area contributed by atoms with Crippen LogP contribution in [0.2, 0.25) is 0 Å². The van der Waals surface area contributed by atoms with Gasteiger partial charge in [0.1, 0.15) is 11.5 Å². The molecule has 2 aromatic rings. The lowest BCUT2D eigenvalue weighted by atomic mass is 10.1. The summed E-state index contributed by atoms with van der Waals surface area (Å²) in [6, 6.07) is 12.5. The van der Waals surface area contributed by atoms with Gasteiger partial charge in [-0.05, 0) is 49.4 Å². The quantitative estimate of drug-likeness (QED) is 0.747. The molecule has 0 radical (unpaired) electrons. The van der Waals surface area contributed by atoms with Gasteiger partial charge >= 0.3 is 0 Å². The summed E-state index contributed by atoms with van der Waals surface area (Å²) in [6.07, 6.45) is 0. The van der Waals surface area contributed by atoms with E-state index in [4.69, 9.17) is 0 Å². The normalized spacial score (nSPS) is 11.9. The molecule has 4 heteroatoms. The summed E-state index contributed by atoms with van der Waals surface area (Å²) in [5, 5.41) is 22.7. The first-order valence-electron chi connectivity index (χ1n) is 6.53. The molecule has 0 heterocycles. The Hall–Kier alpha value is -2.36. The number of phenols is 2. The van der Waals surface area contributed by atoms with E-state index in [1.165, 1.54) is 12.1 Å². The van der Waals surface area contributed by atoms with Crippen molar-refractivity contribution in [2.24, 2.45) is 0 Å². The molecule has 0 aromatic heterocycles. The van der Waals surface area contributed by atoms with E-state index in [9.17, 15) is 10.2 Å². The molecule has 0 spiro atoms. The van der Waals surface area contributed by atoms with Crippen LogP contribution in [-0.2, 0) is 0 Å². The molecule has 1 unspecified atom stereocenters. The second-order valence-electron chi connectivity index (χ2n) is 5.05. The van der Waals surface area contributed by atoms with E-state index >= 15 is 0 Å². The van der Waals surface area contributed by atoms with Gasteiger partial charge in [0.15, 0.2) is 0 Å². The zero-order valence-corrected chi connectivity index (χ0v) is 12.0. The van der Waals surface area contributed by atoms with Crippen LogP contribution in [0.4, 0.5) is 11.4 Å². The lowest BCUT2D eigenvalue weighted by Crippen LogP contribution is -2.09. The van der Waals surface area contributed by atoms with Gasteiger partial charge in [0, 0.05) is 31.0 Å². The van der Waals surface area contributed by atoms with Gasteiger partial charge in [-0.2, -0.15) is 0 Å². The molecule has 0 amide bonds. The highest BCUT2D eigenvalue weighted by Gasteiger charge is 2.11. The molecule has 20 heavy (non-hydrogen) atoms. The predicted molar refractivity (Wildman–Crippen MR) is 82.6 cm³/mol. The van der Waals surface area contributed by atoms with E-state index < -0.39 is 0 Å². The Bertz CT molecular complexity index is 580. The van der Waals surface area contributed by atoms with Gasteiger partial charge in [-0.1, -0.05) is 0 Å². The Morgan fingerprint density at radius 3 is 2.25 bits per heavy atom. The summed E-state index contributed by atoms with van der Waals surface area (Å²) >= 11 is 0. The number of anilines is 2. The third kappa shape index (κ3) is 3.15. The third-order valence-corrected chi connectivity index (χ3v) is 3.24. The summed E-state index contributed by atoms with van der Waals surface area (Å²) < 4.78 is 0. The molecule has 0 aliphatic rings. The van der Waals surface area contributed by atoms with Crippen LogP contribution in [0.1, 0.15) is 18.5 Å². The zero-order chi connectivity index (χ0) is 14.7. The van der Waals surface area contributed by atoms with Gasteiger partial charge in [0.25, 0.3) is 0 Å². The summed E-state index contributed by atoms with van der Waals surface area (Å²) in [5.41, 5.74) is 2.76. The first-order chi connectivity index (χ1) is 9.47. The monoisotopic (exact) mass is 272 g/mol. The zero-order valence-electron chi connectivity index (χ0n) is 12.0. The average molecular weight is 272 g/mol. The molecule has 4 nitrogen and oxygen atoms in total. The van der Waals surface area contributed by atoms with Crippen LogP contribution in [0.15, 0.2) is 42.5 Å². The summed E-state index contributed by atoms with van der Waals surface area (Å²) in [5.74, 6) is 0.321. The van der Waals surface area contributed by atoms with Crippen LogP contribution in [0.5, 0.6) is 11.5 Å². The lowest BCUT2D eigenvalue weighted by Gasteiger charge is -2.18. The molecule has 1 atom stereocenters. The molecule has 106 valence electrons. The first-order valence-corrected chi connectivity index (χ1v) is 6.53. The number of hydrogen-bond acceptors (Lipinski definition) is 4. The summed E-state index contributed by atoms with van der Waals surface area (Å²) in [6.45, 7) is 1.94. The first kappa shape index (κ1) is 14.1. The fourth-order valence-electron chi connectivity index (χ4n) is 2.07. The van der Waals surface area contributed by atoms with Crippen LogP contribution in [0.3, 0.4) is 0 Å². The number of benzene rings is 2. The van der Waals surface area contributed by atoms with E-state index in [0.717, 1.165) is 11.4 Å². The van der Waals surface area contributed by atoms with Crippen molar-refractivity contribution in [3.05, 3.63) is 48.0 Å². The number of phenolic OH excluding ortho intramolecular Hbond substituents is 2. The van der Waals surface area contributed by atoms with Crippen molar-refractivity contribution >= 4 is 11.4 Å². The van der Waals surface area contributed by atoms with E-state index in [1.54, 1.807) is 6.07 Å². The summed E-state index contributed by atoms with van der Waals surface area (Å²) in [4.78, 5) is 2.04. The number of nitrogens with zero attached hydrogens (tertiary/aromatic N) is 1. The van der Waals surface area contributed by atoms with Crippen LogP contribution in [0, 0.1) is 0 Å². The highest BCUT2D eigenvalue weighted by molar-refractivity contribution is 5.56. The molecule has 0 fully saturated rings. The van der Waals surface area contributed by atoms with Gasteiger partial charge in [-0.25, -0.2) is 0 Å². The Kier molecular flexibility index (Phi) is 4.03. The fourth-order valence-corrected chi connectivity index (χ4v) is 2.07. The highest BCUT2D eigenvalue weighted by Crippen LogP contribution is 2.30. The Morgan fingerprint density at radius 1 is 1.00 bits per heavy atom. The Morgan fingerprint density at radius 2 is 1.65 bits per heavy atom. The van der Waals surface area contributed by atoms with E-state index in [0.29, 0.717) is 5.56 Å². The molecule has 0 aliphatic heterocycles. The van der Waals surface area contributed by atoms with Crippen LogP contribution in [-0.4, -0.2) is 24.3 Å². The average Bonchev–Trinajstić information content (AvgIpc) is 2.42. The molecular formula is C16H20N2O2. The van der Waals surface area contributed by atoms with Gasteiger partial charge in [0.2, 0.25) is 0 Å². The van der Waals surface area contributed by atoms with Crippen LogP contribution < -0.4 is 10.2 Å². The third-order valence-electron chi connectivity index (χ3n) is 3.24. The molecule has 0 bridgehead atoms. The number of rotatable bonds is 4. The summed E-state index contributed by atoms with van der Waals surface area (Å²) in [7, 11) is 3.99. The predicted octanol–water partition coefficient (Wildman–Crippen LogP) is 3.34. The minimum atomic E-state index is -0.104. The van der Waals surface area contributed by atoms with Crippen molar-refractivity contribution in [2.75, 3.05) is 24.3 Å². The lowest BCUT2D eigenvalue weighted by molar-refractivity contribution is 0.451. The molecule has 0 saturated carbocycles. The van der Waals surface area contributed by atoms with Gasteiger partial charge in [-0.3, -0.25) is 0 Å². The van der Waals surface area contributed by atoms with Crippen molar-refractivity contribution in [3.8, 4) is 11.5 Å². The number of hydrogen-bond donors (Lipinski definition) is 3. The van der Waals surface area contributed by atoms with Crippen molar-refractivity contribution < 1.29 is 10.2 Å². The Balaban J connectivity index is 2.14.